The number of rotatable bonds is 4. The second-order valence-corrected chi connectivity index (χ2v) is 6.73. The van der Waals surface area contributed by atoms with Crippen molar-refractivity contribution >= 4 is 55.7 Å². The number of thioether (sulfide) groups is 1. The van der Waals surface area contributed by atoms with Crippen molar-refractivity contribution in [2.75, 3.05) is 6.26 Å². The number of hydrazone groups is 1. The van der Waals surface area contributed by atoms with Crippen LogP contribution in [0.2, 0.25) is 0 Å². The van der Waals surface area contributed by atoms with Gasteiger partial charge in [0.15, 0.2) is 5.16 Å². The van der Waals surface area contributed by atoms with Gasteiger partial charge in [0.2, 0.25) is 0 Å². The van der Waals surface area contributed by atoms with E-state index in [2.05, 4.69) is 52.4 Å². The van der Waals surface area contributed by atoms with Crippen LogP contribution >= 0.6 is 43.6 Å². The summed E-state index contributed by atoms with van der Waals surface area (Å²) in [6, 6.07) is 4.39. The highest BCUT2D eigenvalue weighted by atomic mass is 79.9. The molecular weight excluding hydrogens is 452 g/mol. The van der Waals surface area contributed by atoms with Gasteiger partial charge >= 0.3 is 0 Å². The maximum atomic E-state index is 11.9. The number of aromatic amines is 1. The summed E-state index contributed by atoms with van der Waals surface area (Å²) in [4.78, 5) is 29.8. The molecule has 0 radical (unpaired) electrons. The van der Waals surface area contributed by atoms with Crippen LogP contribution < -0.4 is 11.0 Å². The minimum absolute atomic E-state index is 0.00912. The largest absolute Gasteiger partial charge is 0.506 e. The highest BCUT2D eigenvalue weighted by Crippen LogP contribution is 2.30. The third-order valence-corrected chi connectivity index (χ3v) is 4.22. The molecule has 1 aromatic heterocycles. The Hall–Kier alpha value is -1.65. The van der Waals surface area contributed by atoms with E-state index in [9.17, 15) is 14.7 Å². The predicted octanol–water partition coefficient (Wildman–Crippen LogP) is 2.49. The fraction of sp³-hybridized carbons (Fsp3) is 0.0769. The van der Waals surface area contributed by atoms with Crippen LogP contribution in [0.5, 0.6) is 5.75 Å². The third kappa shape index (κ3) is 4.66. The van der Waals surface area contributed by atoms with Gasteiger partial charge in [-0.1, -0.05) is 27.7 Å². The first-order chi connectivity index (χ1) is 10.9. The number of hydrogen-bond donors (Lipinski definition) is 3. The minimum atomic E-state index is -0.629. The van der Waals surface area contributed by atoms with E-state index in [1.807, 2.05) is 0 Å². The molecule has 0 unspecified atom stereocenters. The second kappa shape index (κ2) is 7.75. The molecule has 0 aliphatic carbocycles. The predicted molar refractivity (Wildman–Crippen MR) is 95.2 cm³/mol. The maximum Gasteiger partial charge on any atom is 0.290 e. The molecule has 1 heterocycles. The number of phenolic OH excluding ortho intramolecular Hbond substituents is 1. The van der Waals surface area contributed by atoms with Gasteiger partial charge < -0.3 is 10.1 Å². The van der Waals surface area contributed by atoms with Gasteiger partial charge in [-0.25, -0.2) is 10.4 Å². The van der Waals surface area contributed by atoms with E-state index >= 15 is 0 Å². The van der Waals surface area contributed by atoms with Crippen LogP contribution in [0.25, 0.3) is 0 Å². The normalized spacial score (nSPS) is 10.9. The molecule has 0 aliphatic rings. The third-order valence-electron chi connectivity index (χ3n) is 2.57. The fourth-order valence-electron chi connectivity index (χ4n) is 1.55. The van der Waals surface area contributed by atoms with E-state index in [1.165, 1.54) is 18.0 Å². The number of nitrogens with zero attached hydrogens (tertiary/aromatic N) is 2. The number of aromatic nitrogens is 2. The van der Waals surface area contributed by atoms with Crippen LogP contribution in [0.3, 0.4) is 0 Å². The van der Waals surface area contributed by atoms with Crippen LogP contribution in [-0.4, -0.2) is 33.5 Å². The van der Waals surface area contributed by atoms with Gasteiger partial charge in [-0.3, -0.25) is 9.59 Å². The Kier molecular flexibility index (Phi) is 5.97. The first-order valence-corrected chi connectivity index (χ1v) is 8.88. The number of halogens is 2. The zero-order chi connectivity index (χ0) is 17.0. The molecular formula is C13H10Br2N4O3S. The van der Waals surface area contributed by atoms with Crippen LogP contribution in [0.1, 0.15) is 16.1 Å². The summed E-state index contributed by atoms with van der Waals surface area (Å²) in [6.07, 6.45) is 3.01. The van der Waals surface area contributed by atoms with Gasteiger partial charge in [-0.15, -0.1) is 0 Å². The molecule has 0 saturated carbocycles. The summed E-state index contributed by atoms with van der Waals surface area (Å²) in [6.45, 7) is 0. The number of hydrogen-bond acceptors (Lipinski definition) is 6. The van der Waals surface area contributed by atoms with E-state index in [0.29, 0.717) is 15.2 Å². The number of nitrogens with one attached hydrogen (secondary N) is 2. The van der Waals surface area contributed by atoms with Crippen molar-refractivity contribution in [1.29, 1.82) is 0 Å². The number of benzene rings is 1. The van der Waals surface area contributed by atoms with E-state index in [0.717, 1.165) is 10.5 Å². The lowest BCUT2D eigenvalue weighted by atomic mass is 10.2. The van der Waals surface area contributed by atoms with Crippen molar-refractivity contribution in [2.24, 2.45) is 5.10 Å². The molecule has 0 atom stereocenters. The summed E-state index contributed by atoms with van der Waals surface area (Å²) < 4.78 is 1.22. The zero-order valence-electron chi connectivity index (χ0n) is 11.6. The molecule has 1 aromatic carbocycles. The second-order valence-electron chi connectivity index (χ2n) is 4.16. The highest BCUT2D eigenvalue weighted by Gasteiger charge is 2.10. The SMILES string of the molecule is CSc1nc(C(=O)N/N=C/c2cc(Br)cc(Br)c2O)cc(=O)[nH]1. The number of H-pyrrole nitrogens is 1. The van der Waals surface area contributed by atoms with E-state index in [4.69, 9.17) is 0 Å². The summed E-state index contributed by atoms with van der Waals surface area (Å²) in [7, 11) is 0. The van der Waals surface area contributed by atoms with Crippen LogP contribution in [0.4, 0.5) is 0 Å². The van der Waals surface area contributed by atoms with Gasteiger partial charge in [-0.2, -0.15) is 5.10 Å². The van der Waals surface area contributed by atoms with Gasteiger partial charge in [0.05, 0.1) is 10.7 Å². The molecule has 2 aromatic rings. The lowest BCUT2D eigenvalue weighted by molar-refractivity contribution is 0.0949. The van der Waals surface area contributed by atoms with E-state index < -0.39 is 11.5 Å². The van der Waals surface area contributed by atoms with Gasteiger partial charge in [0.1, 0.15) is 11.4 Å². The molecule has 3 N–H and O–H groups in total. The Morgan fingerprint density at radius 3 is 2.87 bits per heavy atom. The van der Waals surface area contributed by atoms with Crippen molar-refractivity contribution in [1.82, 2.24) is 15.4 Å². The molecule has 120 valence electrons. The van der Waals surface area contributed by atoms with Crippen molar-refractivity contribution < 1.29 is 9.90 Å². The summed E-state index contributed by atoms with van der Waals surface area (Å²) in [5, 5.41) is 14.0. The van der Waals surface area contributed by atoms with Gasteiger partial charge in [0, 0.05) is 16.1 Å². The molecule has 10 heteroatoms. The Labute approximate surface area is 151 Å². The van der Waals surface area contributed by atoms with Crippen LogP contribution in [0, 0.1) is 0 Å². The average molecular weight is 462 g/mol. The monoisotopic (exact) mass is 460 g/mol. The van der Waals surface area contributed by atoms with Crippen LogP contribution in [-0.2, 0) is 0 Å². The quantitative estimate of drug-likeness (QED) is 0.280. The highest BCUT2D eigenvalue weighted by molar-refractivity contribution is 9.11. The molecule has 7 nitrogen and oxygen atoms in total. The number of aromatic hydroxyl groups is 1. The van der Waals surface area contributed by atoms with Crippen molar-refractivity contribution in [3.05, 3.63) is 48.8 Å². The molecule has 0 aliphatic heterocycles. The maximum absolute atomic E-state index is 11.9. The fourth-order valence-corrected chi connectivity index (χ4v) is 3.20. The first-order valence-electron chi connectivity index (χ1n) is 6.07. The first kappa shape index (κ1) is 17.7. The summed E-state index contributed by atoms with van der Waals surface area (Å²) in [5.41, 5.74) is 2.18. The van der Waals surface area contributed by atoms with Crippen molar-refractivity contribution in [2.45, 2.75) is 5.16 Å². The molecule has 0 fully saturated rings. The molecule has 0 saturated heterocycles. The Morgan fingerprint density at radius 1 is 1.43 bits per heavy atom. The molecule has 1 amide bonds. The summed E-state index contributed by atoms with van der Waals surface area (Å²) in [5.74, 6) is -0.638. The van der Waals surface area contributed by atoms with Crippen molar-refractivity contribution in [3.63, 3.8) is 0 Å². The lowest BCUT2D eigenvalue weighted by Gasteiger charge is -2.03. The van der Waals surface area contributed by atoms with Crippen LogP contribution in [0.15, 0.2) is 42.2 Å². The molecule has 23 heavy (non-hydrogen) atoms. The number of carbonyl (C=O) groups is 1. The number of phenols is 1. The number of carbonyl (C=O) groups excluding carboxylic acids is 1. The Balaban J connectivity index is 2.16. The molecule has 0 spiro atoms. The zero-order valence-corrected chi connectivity index (χ0v) is 15.6. The van der Waals surface area contributed by atoms with Gasteiger partial charge in [-0.05, 0) is 34.3 Å². The summed E-state index contributed by atoms with van der Waals surface area (Å²) >= 11 is 7.70. The van der Waals surface area contributed by atoms with E-state index in [1.54, 1.807) is 18.4 Å². The smallest absolute Gasteiger partial charge is 0.290 e. The van der Waals surface area contributed by atoms with E-state index in [-0.39, 0.29) is 11.4 Å². The van der Waals surface area contributed by atoms with Gasteiger partial charge in [0.25, 0.3) is 11.5 Å². The van der Waals surface area contributed by atoms with Crippen molar-refractivity contribution in [3.8, 4) is 5.75 Å². The molecule has 0 bridgehead atoms. The Bertz CT molecular complexity index is 838. The number of amides is 1. The Morgan fingerprint density at radius 2 is 2.17 bits per heavy atom. The minimum Gasteiger partial charge on any atom is -0.506 e. The topological polar surface area (TPSA) is 107 Å². The average Bonchev–Trinajstić information content (AvgIpc) is 2.51. The standard InChI is InChI=1S/C13H10Br2N4O3S/c1-23-13-17-9(4-10(20)18-13)12(22)19-16-5-6-2-7(14)3-8(15)11(6)21/h2-5,21H,1H3,(H,19,22)(H,17,18,20)/b16-5+. The lowest BCUT2D eigenvalue weighted by Crippen LogP contribution is -2.22. The molecule has 2 rings (SSSR count).